The van der Waals surface area contributed by atoms with Crippen molar-refractivity contribution in [2.75, 3.05) is 84.5 Å². The topological polar surface area (TPSA) is 135 Å². The SMILES string of the molecule is Cc1cc(Cl)ccc1N1CCN(c2nc3c(c(NC4CCOCC4)n2)S(=O)CC3)CC1.O=S1CCc2nc(Cl)nc(NC3CCOCC3)c21. The molecule has 264 valence electrons. The van der Waals surface area contributed by atoms with E-state index < -0.39 is 21.6 Å². The van der Waals surface area contributed by atoms with Crippen molar-refractivity contribution in [3.63, 3.8) is 0 Å². The number of aryl methyl sites for hydroxylation is 3. The number of halogens is 2. The number of nitrogens with zero attached hydrogens (tertiary/aromatic N) is 6. The maximum atomic E-state index is 12.6. The Bertz CT molecular complexity index is 1720. The number of ether oxygens (including phenoxy) is 2. The molecular weight excluding hydrogens is 707 g/mol. The maximum absolute atomic E-state index is 12.6. The Morgan fingerprint density at radius 2 is 1.27 bits per heavy atom. The largest absolute Gasteiger partial charge is 0.381 e. The highest BCUT2D eigenvalue weighted by Crippen LogP contribution is 2.33. The molecule has 3 saturated heterocycles. The van der Waals surface area contributed by atoms with Crippen molar-refractivity contribution in [3.8, 4) is 0 Å². The summed E-state index contributed by atoms with van der Waals surface area (Å²) in [7, 11) is -2.02. The standard InChI is InChI=1S/C22H28ClN5O2S.C11H14ClN3O2S/c1-15-14-16(23)2-3-19(15)27-7-9-28(10-8-27)22-25-18-6-13-31(29)20(18)21(26-22)24-17-4-11-30-12-5-17;12-11-14-8-3-6-18(16)9(8)10(15-11)13-7-1-4-17-5-2-7/h2-3,14,17H,4-13H2,1H3,(H,24,25,26);7H,1-6H2,(H,13,14,15). The van der Waals surface area contributed by atoms with Crippen LogP contribution in [0.25, 0.3) is 0 Å². The monoisotopic (exact) mass is 748 g/mol. The first-order chi connectivity index (χ1) is 23.8. The van der Waals surface area contributed by atoms with Crippen molar-refractivity contribution < 1.29 is 17.9 Å². The van der Waals surface area contributed by atoms with Gasteiger partial charge in [-0.1, -0.05) is 11.6 Å². The molecule has 1 aromatic carbocycles. The number of benzene rings is 1. The summed E-state index contributed by atoms with van der Waals surface area (Å²) in [6.07, 6.45) is 5.22. The number of fused-ring (bicyclic) bond motifs is 2. The molecular formula is C33H42Cl2N8O4S2. The van der Waals surface area contributed by atoms with Gasteiger partial charge in [-0.25, -0.2) is 9.97 Å². The fourth-order valence-corrected chi connectivity index (χ4v) is 9.92. The van der Waals surface area contributed by atoms with Gasteiger partial charge in [0, 0.05) is 99.7 Å². The third kappa shape index (κ3) is 8.15. The van der Waals surface area contributed by atoms with Gasteiger partial charge in [-0.3, -0.25) is 8.42 Å². The number of hydrogen-bond donors (Lipinski definition) is 2. The fourth-order valence-electron chi connectivity index (χ4n) is 6.88. The van der Waals surface area contributed by atoms with Crippen LogP contribution in [0.2, 0.25) is 10.3 Å². The molecule has 0 bridgehead atoms. The smallest absolute Gasteiger partial charge is 0.227 e. The van der Waals surface area contributed by atoms with Crippen molar-refractivity contribution in [2.45, 2.75) is 67.3 Å². The van der Waals surface area contributed by atoms with Crippen LogP contribution < -0.4 is 20.4 Å². The number of nitrogens with one attached hydrogen (secondary N) is 2. The zero-order chi connectivity index (χ0) is 33.9. The number of piperazine rings is 1. The van der Waals surface area contributed by atoms with Crippen molar-refractivity contribution in [3.05, 3.63) is 45.5 Å². The molecule has 0 saturated carbocycles. The molecule has 8 rings (SSSR count). The van der Waals surface area contributed by atoms with Gasteiger partial charge in [-0.15, -0.1) is 0 Å². The molecule has 2 aromatic heterocycles. The molecule has 3 fully saturated rings. The van der Waals surface area contributed by atoms with E-state index in [0.29, 0.717) is 35.8 Å². The third-order valence-corrected chi connectivity index (χ3v) is 12.8. The van der Waals surface area contributed by atoms with Gasteiger partial charge < -0.3 is 29.9 Å². The molecule has 0 spiro atoms. The first-order valence-electron chi connectivity index (χ1n) is 17.0. The number of anilines is 4. The van der Waals surface area contributed by atoms with Crippen LogP contribution >= 0.6 is 23.2 Å². The quantitative estimate of drug-likeness (QED) is 0.346. The Morgan fingerprint density at radius 3 is 1.84 bits per heavy atom. The zero-order valence-electron chi connectivity index (χ0n) is 27.6. The molecule has 49 heavy (non-hydrogen) atoms. The Kier molecular flexibility index (Phi) is 11.2. The Labute approximate surface area is 302 Å². The average Bonchev–Trinajstić information content (AvgIpc) is 3.67. The van der Waals surface area contributed by atoms with E-state index in [4.69, 9.17) is 42.6 Å². The molecule has 5 aliphatic rings. The fraction of sp³-hybridized carbons (Fsp3) is 0.576. The van der Waals surface area contributed by atoms with Crippen LogP contribution in [0.1, 0.15) is 42.6 Å². The average molecular weight is 750 g/mol. The van der Waals surface area contributed by atoms with Crippen LogP contribution in [0.3, 0.4) is 0 Å². The second-order valence-electron chi connectivity index (χ2n) is 12.8. The first-order valence-corrected chi connectivity index (χ1v) is 20.4. The van der Waals surface area contributed by atoms with E-state index in [0.717, 1.165) is 123 Å². The van der Waals surface area contributed by atoms with Crippen molar-refractivity contribution in [1.82, 2.24) is 19.9 Å². The molecule has 0 aliphatic carbocycles. The highest BCUT2D eigenvalue weighted by Gasteiger charge is 2.30. The van der Waals surface area contributed by atoms with Crippen LogP contribution in [-0.2, 0) is 43.9 Å². The highest BCUT2D eigenvalue weighted by molar-refractivity contribution is 7.85. The molecule has 2 N–H and O–H groups in total. The van der Waals surface area contributed by atoms with Crippen LogP contribution in [0, 0.1) is 6.92 Å². The minimum Gasteiger partial charge on any atom is -0.381 e. The van der Waals surface area contributed by atoms with Crippen LogP contribution in [0.4, 0.5) is 23.3 Å². The summed E-state index contributed by atoms with van der Waals surface area (Å²) in [4.78, 5) is 24.3. The van der Waals surface area contributed by atoms with Crippen LogP contribution in [0.15, 0.2) is 28.0 Å². The van der Waals surface area contributed by atoms with Crippen molar-refractivity contribution in [1.29, 1.82) is 0 Å². The number of hydrogen-bond acceptors (Lipinski definition) is 12. The lowest BCUT2D eigenvalue weighted by Crippen LogP contribution is -2.47. The summed E-state index contributed by atoms with van der Waals surface area (Å²) in [5.41, 5.74) is 4.19. The van der Waals surface area contributed by atoms with Crippen LogP contribution in [0.5, 0.6) is 0 Å². The van der Waals surface area contributed by atoms with Crippen LogP contribution in [-0.4, -0.2) is 105 Å². The van der Waals surface area contributed by atoms with Gasteiger partial charge in [0.15, 0.2) is 0 Å². The molecule has 5 aliphatic heterocycles. The minimum absolute atomic E-state index is 0.224. The summed E-state index contributed by atoms with van der Waals surface area (Å²) in [6, 6.07) is 6.69. The second-order valence-corrected chi connectivity index (χ2v) is 16.6. The zero-order valence-corrected chi connectivity index (χ0v) is 30.7. The van der Waals surface area contributed by atoms with Gasteiger partial charge in [0.1, 0.15) is 21.4 Å². The van der Waals surface area contributed by atoms with E-state index in [2.05, 4.69) is 43.4 Å². The van der Waals surface area contributed by atoms with Gasteiger partial charge in [0.05, 0.1) is 33.0 Å². The highest BCUT2D eigenvalue weighted by atomic mass is 35.5. The van der Waals surface area contributed by atoms with Gasteiger partial charge in [0.2, 0.25) is 11.2 Å². The molecule has 0 radical (unpaired) electrons. The molecule has 3 aromatic rings. The molecule has 2 unspecified atom stereocenters. The molecule has 2 atom stereocenters. The molecule has 16 heteroatoms. The van der Waals surface area contributed by atoms with E-state index >= 15 is 0 Å². The Hall–Kier alpha value is -2.62. The molecule has 7 heterocycles. The predicted molar refractivity (Wildman–Crippen MR) is 195 cm³/mol. The van der Waals surface area contributed by atoms with Gasteiger partial charge in [-0.2, -0.15) is 9.97 Å². The first kappa shape index (κ1) is 34.8. The van der Waals surface area contributed by atoms with Crippen molar-refractivity contribution in [2.24, 2.45) is 0 Å². The van der Waals surface area contributed by atoms with E-state index in [1.54, 1.807) is 0 Å². The minimum atomic E-state index is -1.02. The lowest BCUT2D eigenvalue weighted by molar-refractivity contribution is 0.0902. The lowest BCUT2D eigenvalue weighted by Gasteiger charge is -2.37. The van der Waals surface area contributed by atoms with E-state index in [1.807, 2.05) is 12.1 Å². The summed E-state index contributed by atoms with van der Waals surface area (Å²) in [5.74, 6) is 3.41. The lowest BCUT2D eigenvalue weighted by atomic mass is 10.1. The summed E-state index contributed by atoms with van der Waals surface area (Å²) >= 11 is 12.0. The van der Waals surface area contributed by atoms with E-state index in [1.165, 1.54) is 11.3 Å². The summed E-state index contributed by atoms with van der Waals surface area (Å²) in [6.45, 7) is 8.62. The third-order valence-electron chi connectivity index (χ3n) is 9.52. The van der Waals surface area contributed by atoms with E-state index in [-0.39, 0.29) is 5.28 Å². The van der Waals surface area contributed by atoms with Gasteiger partial charge in [-0.05, 0) is 68.0 Å². The molecule has 0 amide bonds. The number of rotatable bonds is 6. The van der Waals surface area contributed by atoms with E-state index in [9.17, 15) is 8.42 Å². The normalized spacial score (nSPS) is 22.7. The van der Waals surface area contributed by atoms with Gasteiger partial charge in [0.25, 0.3) is 0 Å². The number of aromatic nitrogens is 4. The molecule has 12 nitrogen and oxygen atoms in total. The second kappa shape index (κ2) is 15.7. The van der Waals surface area contributed by atoms with Gasteiger partial charge >= 0.3 is 0 Å². The maximum Gasteiger partial charge on any atom is 0.227 e. The Balaban J connectivity index is 0.000000178. The Morgan fingerprint density at radius 1 is 0.735 bits per heavy atom. The van der Waals surface area contributed by atoms with Crippen molar-refractivity contribution >= 4 is 68.1 Å². The summed E-state index contributed by atoms with van der Waals surface area (Å²) < 4.78 is 35.4. The predicted octanol–water partition coefficient (Wildman–Crippen LogP) is 4.40. The summed E-state index contributed by atoms with van der Waals surface area (Å²) in [5, 5.41) is 7.90.